The Balaban J connectivity index is 0.793. The van der Waals surface area contributed by atoms with Crippen LogP contribution in [0.3, 0.4) is 0 Å². The Bertz CT molecular complexity index is 3390. The molecule has 4 heteroatoms. The Hall–Kier alpha value is -8.28. The number of fused-ring (bicyclic) bond motifs is 2. The molecule has 0 saturated heterocycles. The zero-order valence-corrected chi connectivity index (χ0v) is 38.7. The summed E-state index contributed by atoms with van der Waals surface area (Å²) < 4.78 is 0. The molecule has 0 amide bonds. The maximum Gasteiger partial charge on any atom is 0.0462 e. The lowest BCUT2D eigenvalue weighted by Crippen LogP contribution is -2.10. The summed E-state index contributed by atoms with van der Waals surface area (Å²) in [7, 11) is 0. The zero-order valence-electron chi connectivity index (χ0n) is 37.1. The topological polar surface area (TPSA) is 6.48 Å². The summed E-state index contributed by atoms with van der Waals surface area (Å²) in [6.07, 6.45) is 0. The lowest BCUT2D eigenvalue weighted by Gasteiger charge is -2.26. The quantitative estimate of drug-likeness (QED) is 0.128. The number of hydrogen-bond acceptors (Lipinski definition) is 4. The molecule has 0 bridgehead atoms. The first-order chi connectivity index (χ1) is 33.7. The fourth-order valence-corrected chi connectivity index (χ4v) is 11.5. The van der Waals surface area contributed by atoms with Gasteiger partial charge in [-0.2, -0.15) is 0 Å². The summed E-state index contributed by atoms with van der Waals surface area (Å²) in [6, 6.07) is 96.5. The van der Waals surface area contributed by atoms with Gasteiger partial charge in [0, 0.05) is 53.6 Å². The molecule has 0 atom stereocenters. The molecule has 0 radical (unpaired) electrons. The van der Waals surface area contributed by atoms with E-state index in [1.165, 1.54) is 63.3 Å². The summed E-state index contributed by atoms with van der Waals surface area (Å²) >= 11 is 3.69. The largest absolute Gasteiger partial charge is 0.311 e. The lowest BCUT2D eigenvalue weighted by atomic mass is 10.0. The molecule has 0 aliphatic heterocycles. The molecule has 68 heavy (non-hydrogen) atoms. The Morgan fingerprint density at radius 2 is 0.500 bits per heavy atom. The molecule has 2 nitrogen and oxygen atoms in total. The van der Waals surface area contributed by atoms with Crippen molar-refractivity contribution in [2.24, 2.45) is 0 Å². The Labute approximate surface area is 405 Å². The van der Waals surface area contributed by atoms with E-state index in [4.69, 9.17) is 0 Å². The number of nitrogens with zero attached hydrogens (tertiary/aromatic N) is 2. The van der Waals surface area contributed by atoms with Crippen molar-refractivity contribution in [1.82, 2.24) is 0 Å². The van der Waals surface area contributed by atoms with E-state index in [0.29, 0.717) is 0 Å². The number of thiophene rings is 2. The van der Waals surface area contributed by atoms with Crippen LogP contribution in [-0.2, 0) is 0 Å². The summed E-state index contributed by atoms with van der Waals surface area (Å²) in [5, 5.41) is 5.10. The van der Waals surface area contributed by atoms with E-state index in [1.54, 1.807) is 0 Å². The van der Waals surface area contributed by atoms with Crippen LogP contribution in [0.4, 0.5) is 34.1 Å². The molecule has 12 rings (SSSR count). The fourth-order valence-electron chi connectivity index (χ4n) is 9.36. The lowest BCUT2D eigenvalue weighted by molar-refractivity contribution is 1.28. The molecule has 2 heterocycles. The predicted molar refractivity (Wildman–Crippen MR) is 294 cm³/mol. The monoisotopic (exact) mass is 904 g/mol. The van der Waals surface area contributed by atoms with Crippen molar-refractivity contribution in [2.75, 3.05) is 9.80 Å². The third-order valence-corrected chi connectivity index (χ3v) is 15.1. The molecule has 0 N–H and O–H groups in total. The number of hydrogen-bond donors (Lipinski definition) is 0. The van der Waals surface area contributed by atoms with Crippen LogP contribution in [0.2, 0.25) is 0 Å². The van der Waals surface area contributed by atoms with Gasteiger partial charge in [-0.3, -0.25) is 0 Å². The van der Waals surface area contributed by atoms with E-state index in [9.17, 15) is 0 Å². The van der Waals surface area contributed by atoms with Gasteiger partial charge >= 0.3 is 0 Å². The first-order valence-electron chi connectivity index (χ1n) is 23.0. The summed E-state index contributed by atoms with van der Waals surface area (Å²) in [5.41, 5.74) is 14.0. The summed E-state index contributed by atoms with van der Waals surface area (Å²) in [6.45, 7) is 0. The normalized spacial score (nSPS) is 11.2. The highest BCUT2D eigenvalue weighted by molar-refractivity contribution is 7.19. The number of rotatable bonds is 11. The van der Waals surface area contributed by atoms with Crippen LogP contribution in [0.1, 0.15) is 0 Å². The van der Waals surface area contributed by atoms with Gasteiger partial charge in [-0.05, 0) is 152 Å². The Kier molecular flexibility index (Phi) is 11.0. The van der Waals surface area contributed by atoms with Gasteiger partial charge in [0.2, 0.25) is 0 Å². The first-order valence-corrected chi connectivity index (χ1v) is 24.6. The number of para-hydroxylation sites is 2. The maximum atomic E-state index is 2.33. The molecule has 0 unspecified atom stereocenters. The highest BCUT2D eigenvalue weighted by Gasteiger charge is 2.17. The molecule has 0 saturated carbocycles. The molecule has 0 aliphatic carbocycles. The highest BCUT2D eigenvalue weighted by atomic mass is 32.1. The predicted octanol–water partition coefficient (Wildman–Crippen LogP) is 19.4. The van der Waals surface area contributed by atoms with Crippen molar-refractivity contribution in [1.29, 1.82) is 0 Å². The minimum atomic E-state index is 1.10. The summed E-state index contributed by atoms with van der Waals surface area (Å²) in [5.74, 6) is 0. The van der Waals surface area contributed by atoms with Gasteiger partial charge in [0.15, 0.2) is 0 Å². The van der Waals surface area contributed by atoms with E-state index in [-0.39, 0.29) is 0 Å². The van der Waals surface area contributed by atoms with Gasteiger partial charge in [0.25, 0.3) is 0 Å². The minimum Gasteiger partial charge on any atom is -0.311 e. The Morgan fingerprint density at radius 1 is 0.206 bits per heavy atom. The van der Waals surface area contributed by atoms with Gasteiger partial charge in [0.1, 0.15) is 0 Å². The number of benzene rings is 10. The average Bonchev–Trinajstić information content (AvgIpc) is 4.12. The van der Waals surface area contributed by atoms with Crippen LogP contribution in [0.5, 0.6) is 0 Å². The second-order valence-corrected chi connectivity index (χ2v) is 19.1. The van der Waals surface area contributed by atoms with E-state index in [0.717, 1.165) is 45.3 Å². The summed E-state index contributed by atoms with van der Waals surface area (Å²) in [4.78, 5) is 9.74. The SMILES string of the molecule is c1ccc(N(c2ccc(-c3ccc(N(c4ccccc4)c4ccc(-c5ccc(-c6cccc7ccccc67)s5)cc4)cc3)cc2)c2ccc(-c3ccc(-c4cccc5ccccc45)s3)cc2)cc1. The molecule has 2 aromatic heterocycles. The van der Waals surface area contributed by atoms with E-state index in [1.807, 2.05) is 22.7 Å². The maximum absolute atomic E-state index is 2.33. The van der Waals surface area contributed by atoms with E-state index >= 15 is 0 Å². The molecule has 0 aliphatic rings. The van der Waals surface area contributed by atoms with Gasteiger partial charge in [-0.15, -0.1) is 22.7 Å². The standard InChI is InChI=1S/C64H44N2S2/c1-3-17-51(18-4-1)65(55-37-29-49(30-38-55)61-41-43-63(67-61)59-23-11-15-47-13-7-9-21-57(47)59)53-33-25-45(26-34-53)46-27-35-54(36-28-46)66(52-19-5-2-6-20-52)56-39-31-50(32-40-56)62-42-44-64(68-62)60-24-12-16-48-14-8-10-22-58(48)60/h1-44H. The van der Waals surface area contributed by atoms with Crippen molar-refractivity contribution >= 4 is 78.3 Å². The Morgan fingerprint density at radius 3 is 0.882 bits per heavy atom. The van der Waals surface area contributed by atoms with Crippen molar-refractivity contribution in [3.05, 3.63) is 267 Å². The van der Waals surface area contributed by atoms with E-state index < -0.39 is 0 Å². The van der Waals surface area contributed by atoms with Crippen LogP contribution < -0.4 is 9.80 Å². The third kappa shape index (κ3) is 8.07. The number of anilines is 6. The van der Waals surface area contributed by atoms with Gasteiger partial charge < -0.3 is 9.80 Å². The molecule has 10 aromatic carbocycles. The van der Waals surface area contributed by atoms with Gasteiger partial charge in [-0.25, -0.2) is 0 Å². The van der Waals surface area contributed by atoms with Gasteiger partial charge in [-0.1, -0.05) is 170 Å². The van der Waals surface area contributed by atoms with Crippen molar-refractivity contribution in [2.45, 2.75) is 0 Å². The molecule has 322 valence electrons. The van der Waals surface area contributed by atoms with Crippen LogP contribution >= 0.6 is 22.7 Å². The van der Waals surface area contributed by atoms with Crippen molar-refractivity contribution in [3.8, 4) is 52.9 Å². The first kappa shape index (κ1) is 41.2. The second kappa shape index (κ2) is 18.2. The molecule has 12 aromatic rings. The molecule has 0 fully saturated rings. The molecular weight excluding hydrogens is 861 g/mol. The third-order valence-electron chi connectivity index (χ3n) is 12.8. The fraction of sp³-hybridized carbons (Fsp3) is 0. The zero-order chi connectivity index (χ0) is 45.2. The van der Waals surface area contributed by atoms with Crippen molar-refractivity contribution < 1.29 is 0 Å². The molecule has 0 spiro atoms. The average molecular weight is 905 g/mol. The smallest absolute Gasteiger partial charge is 0.0462 e. The van der Waals surface area contributed by atoms with Crippen molar-refractivity contribution in [3.63, 3.8) is 0 Å². The van der Waals surface area contributed by atoms with Crippen LogP contribution in [0, 0.1) is 0 Å². The van der Waals surface area contributed by atoms with Crippen LogP contribution in [-0.4, -0.2) is 0 Å². The van der Waals surface area contributed by atoms with Gasteiger partial charge in [0.05, 0.1) is 0 Å². The second-order valence-electron chi connectivity index (χ2n) is 16.9. The highest BCUT2D eigenvalue weighted by Crippen LogP contribution is 2.43. The van der Waals surface area contributed by atoms with Crippen LogP contribution in [0.25, 0.3) is 74.4 Å². The molecular formula is C64H44N2S2. The minimum absolute atomic E-state index is 1.10. The van der Waals surface area contributed by atoms with Crippen LogP contribution in [0.15, 0.2) is 267 Å². The van der Waals surface area contributed by atoms with E-state index in [2.05, 4.69) is 277 Å².